The van der Waals surface area contributed by atoms with E-state index in [1.807, 2.05) is 6.07 Å². The van der Waals surface area contributed by atoms with E-state index in [2.05, 4.69) is 20.4 Å². The Kier molecular flexibility index (Phi) is 4.54. The maximum atomic E-state index is 12.1. The van der Waals surface area contributed by atoms with Crippen LogP contribution in [0, 0.1) is 0 Å². The average Bonchev–Trinajstić information content (AvgIpc) is 3.00. The molecule has 1 aliphatic rings. The monoisotopic (exact) mass is 330 g/mol. The summed E-state index contributed by atoms with van der Waals surface area (Å²) in [5.41, 5.74) is 0.0171. The highest BCUT2D eigenvalue weighted by Gasteiger charge is 2.40. The molecule has 1 fully saturated rings. The van der Waals surface area contributed by atoms with Gasteiger partial charge in [-0.25, -0.2) is 0 Å². The maximum Gasteiger partial charge on any atom is 0.305 e. The van der Waals surface area contributed by atoms with Gasteiger partial charge in [0.25, 0.3) is 0 Å². The smallest absolute Gasteiger partial charge is 0.305 e. The quantitative estimate of drug-likeness (QED) is 0.791. The van der Waals surface area contributed by atoms with Gasteiger partial charge in [0.1, 0.15) is 5.69 Å². The molecule has 8 heteroatoms. The second-order valence-electron chi connectivity index (χ2n) is 5.98. The van der Waals surface area contributed by atoms with Crippen molar-refractivity contribution in [2.45, 2.75) is 44.1 Å². The second kappa shape index (κ2) is 6.77. The van der Waals surface area contributed by atoms with Crippen molar-refractivity contribution in [2.24, 2.45) is 0 Å². The van der Waals surface area contributed by atoms with Gasteiger partial charge in [-0.3, -0.25) is 14.6 Å². The summed E-state index contributed by atoms with van der Waals surface area (Å²) in [6.45, 7) is 0. The molecule has 1 aliphatic carbocycles. The van der Waals surface area contributed by atoms with Crippen molar-refractivity contribution in [3.05, 3.63) is 30.3 Å². The van der Waals surface area contributed by atoms with Gasteiger partial charge >= 0.3 is 5.97 Å². The number of aryl methyl sites for hydroxylation is 1. The topological polar surface area (TPSA) is 118 Å². The van der Waals surface area contributed by atoms with E-state index < -0.39 is 11.5 Å². The van der Waals surface area contributed by atoms with Crippen LogP contribution in [0.4, 0.5) is 0 Å². The zero-order chi connectivity index (χ0) is 17.0. The fourth-order valence-electron chi connectivity index (χ4n) is 2.77. The Bertz CT molecular complexity index is 725. The molecular formula is C16H18N4O4. The van der Waals surface area contributed by atoms with Gasteiger partial charge in [0, 0.05) is 19.0 Å². The van der Waals surface area contributed by atoms with Crippen LogP contribution in [0.3, 0.4) is 0 Å². The Labute approximate surface area is 138 Å². The molecule has 1 amide bonds. The van der Waals surface area contributed by atoms with Gasteiger partial charge < -0.3 is 14.9 Å². The summed E-state index contributed by atoms with van der Waals surface area (Å²) < 4.78 is 5.13. The van der Waals surface area contributed by atoms with Crippen molar-refractivity contribution >= 4 is 11.9 Å². The number of pyridine rings is 1. The lowest BCUT2D eigenvalue weighted by molar-refractivity contribution is -0.140. The molecule has 2 heterocycles. The molecule has 0 spiro atoms. The standard InChI is InChI=1S/C16H18N4O4/c21-12(19-16(7-3-8-16)10-14(22)23)5-6-13-18-15(20-24-13)11-4-1-2-9-17-11/h1-2,4,9H,3,5-8,10H2,(H,19,21)(H,22,23). The molecule has 24 heavy (non-hydrogen) atoms. The number of carboxylic acid groups (broad SMARTS) is 1. The van der Waals surface area contributed by atoms with Crippen LogP contribution in [0.5, 0.6) is 0 Å². The predicted molar refractivity (Wildman–Crippen MR) is 82.8 cm³/mol. The Morgan fingerprint density at radius 1 is 1.33 bits per heavy atom. The number of carbonyl (C=O) groups is 2. The van der Waals surface area contributed by atoms with Crippen molar-refractivity contribution in [3.8, 4) is 11.5 Å². The van der Waals surface area contributed by atoms with E-state index in [-0.39, 0.29) is 18.7 Å². The van der Waals surface area contributed by atoms with Gasteiger partial charge in [-0.15, -0.1) is 0 Å². The molecular weight excluding hydrogens is 312 g/mol. The SMILES string of the molecule is O=C(O)CC1(NC(=O)CCc2nc(-c3ccccn3)no2)CCC1. The number of hydrogen-bond donors (Lipinski definition) is 2. The van der Waals surface area contributed by atoms with Gasteiger partial charge in [0.2, 0.25) is 17.6 Å². The number of rotatable bonds is 7. The van der Waals surface area contributed by atoms with E-state index in [1.165, 1.54) is 0 Å². The Balaban J connectivity index is 1.53. The molecule has 0 saturated heterocycles. The van der Waals surface area contributed by atoms with Crippen molar-refractivity contribution in [2.75, 3.05) is 0 Å². The third kappa shape index (κ3) is 3.76. The fourth-order valence-corrected chi connectivity index (χ4v) is 2.77. The van der Waals surface area contributed by atoms with Crippen LogP contribution >= 0.6 is 0 Å². The number of hydrogen-bond acceptors (Lipinski definition) is 6. The molecule has 0 atom stereocenters. The number of amides is 1. The lowest BCUT2D eigenvalue weighted by Crippen LogP contribution is -2.54. The highest BCUT2D eigenvalue weighted by molar-refractivity contribution is 5.78. The molecule has 2 aromatic heterocycles. The molecule has 126 valence electrons. The van der Waals surface area contributed by atoms with Crippen LogP contribution in [0.15, 0.2) is 28.9 Å². The third-order valence-corrected chi connectivity index (χ3v) is 4.13. The van der Waals surface area contributed by atoms with E-state index in [0.717, 1.165) is 6.42 Å². The number of carboxylic acids is 1. The number of nitrogens with one attached hydrogen (secondary N) is 1. The molecule has 1 saturated carbocycles. The minimum absolute atomic E-state index is 0.0386. The molecule has 0 bridgehead atoms. The van der Waals surface area contributed by atoms with Crippen LogP contribution in [-0.2, 0) is 16.0 Å². The summed E-state index contributed by atoms with van der Waals surface area (Å²) in [7, 11) is 0. The van der Waals surface area contributed by atoms with Crippen LogP contribution < -0.4 is 5.32 Å². The summed E-state index contributed by atoms with van der Waals surface area (Å²) in [6, 6.07) is 5.39. The predicted octanol–water partition coefficient (Wildman–Crippen LogP) is 1.58. The summed E-state index contributed by atoms with van der Waals surface area (Å²) in [4.78, 5) is 31.3. The maximum absolute atomic E-state index is 12.1. The fraction of sp³-hybridized carbons (Fsp3) is 0.438. The number of carbonyl (C=O) groups excluding carboxylic acids is 1. The molecule has 0 unspecified atom stereocenters. The van der Waals surface area contributed by atoms with Crippen LogP contribution in [0.25, 0.3) is 11.5 Å². The van der Waals surface area contributed by atoms with Gasteiger partial charge in [0.05, 0.1) is 12.0 Å². The first-order valence-corrected chi connectivity index (χ1v) is 7.83. The highest BCUT2D eigenvalue weighted by atomic mass is 16.5. The number of aromatic nitrogens is 3. The molecule has 2 N–H and O–H groups in total. The zero-order valence-electron chi connectivity index (χ0n) is 13.1. The Morgan fingerprint density at radius 2 is 2.17 bits per heavy atom. The van der Waals surface area contributed by atoms with Crippen molar-refractivity contribution in [1.29, 1.82) is 0 Å². The molecule has 3 rings (SSSR count). The third-order valence-electron chi connectivity index (χ3n) is 4.13. The van der Waals surface area contributed by atoms with Gasteiger partial charge in [-0.05, 0) is 31.4 Å². The number of aliphatic carboxylic acids is 1. The zero-order valence-corrected chi connectivity index (χ0v) is 13.1. The largest absolute Gasteiger partial charge is 0.481 e. The molecule has 0 aliphatic heterocycles. The highest BCUT2D eigenvalue weighted by Crippen LogP contribution is 2.35. The summed E-state index contributed by atoms with van der Waals surface area (Å²) in [6.07, 6.45) is 4.41. The average molecular weight is 330 g/mol. The summed E-state index contributed by atoms with van der Waals surface area (Å²) >= 11 is 0. The number of nitrogens with zero attached hydrogens (tertiary/aromatic N) is 3. The van der Waals surface area contributed by atoms with E-state index in [9.17, 15) is 9.59 Å². The molecule has 0 radical (unpaired) electrons. The second-order valence-corrected chi connectivity index (χ2v) is 5.98. The van der Waals surface area contributed by atoms with Crippen molar-refractivity contribution in [3.63, 3.8) is 0 Å². The van der Waals surface area contributed by atoms with Gasteiger partial charge in [-0.2, -0.15) is 4.98 Å². The van der Waals surface area contributed by atoms with Crippen molar-refractivity contribution < 1.29 is 19.2 Å². The van der Waals surface area contributed by atoms with Crippen molar-refractivity contribution in [1.82, 2.24) is 20.4 Å². The Hall–Kier alpha value is -2.77. The molecule has 0 aromatic carbocycles. The van der Waals surface area contributed by atoms with E-state index >= 15 is 0 Å². The van der Waals surface area contributed by atoms with Gasteiger partial charge in [0.15, 0.2) is 0 Å². The molecule has 2 aromatic rings. The Morgan fingerprint density at radius 3 is 2.79 bits per heavy atom. The molecule has 8 nitrogen and oxygen atoms in total. The first kappa shape index (κ1) is 16.1. The van der Waals surface area contributed by atoms with Crippen LogP contribution in [0.2, 0.25) is 0 Å². The van der Waals surface area contributed by atoms with E-state index in [4.69, 9.17) is 9.63 Å². The summed E-state index contributed by atoms with van der Waals surface area (Å²) in [5, 5.41) is 15.7. The lowest BCUT2D eigenvalue weighted by Gasteiger charge is -2.41. The summed E-state index contributed by atoms with van der Waals surface area (Å²) in [5.74, 6) is -0.362. The van der Waals surface area contributed by atoms with E-state index in [0.29, 0.717) is 36.7 Å². The first-order valence-electron chi connectivity index (χ1n) is 7.83. The van der Waals surface area contributed by atoms with Crippen LogP contribution in [-0.4, -0.2) is 37.6 Å². The van der Waals surface area contributed by atoms with Gasteiger partial charge in [-0.1, -0.05) is 11.2 Å². The van der Waals surface area contributed by atoms with E-state index in [1.54, 1.807) is 18.3 Å². The normalized spacial score (nSPS) is 15.5. The van der Waals surface area contributed by atoms with Crippen LogP contribution in [0.1, 0.15) is 38.0 Å². The minimum atomic E-state index is -0.896. The first-order chi connectivity index (χ1) is 11.6. The minimum Gasteiger partial charge on any atom is -0.481 e. The lowest BCUT2D eigenvalue weighted by atomic mass is 9.74.